The molecule has 1 N–H and O–H groups in total. The Labute approximate surface area is 108 Å². The average molecular weight is 307 g/mol. The molecule has 1 aromatic carbocycles. The van der Waals surface area contributed by atoms with Gasteiger partial charge in [0.1, 0.15) is 0 Å². The number of hydrogen-bond acceptors (Lipinski definition) is 2. The van der Waals surface area contributed by atoms with Crippen LogP contribution in [0.4, 0.5) is 5.69 Å². The molecule has 0 amide bonds. The molecule has 1 nitrogen and oxygen atoms in total. The maximum absolute atomic E-state index is 6.02. The number of thioether (sulfide) groups is 1. The summed E-state index contributed by atoms with van der Waals surface area (Å²) in [7, 11) is 0. The number of hydrogen-bond donors (Lipinski definition) is 1. The molecule has 82 valence electrons. The summed E-state index contributed by atoms with van der Waals surface area (Å²) in [5.41, 5.74) is 1.10. The Morgan fingerprint density at radius 2 is 2.40 bits per heavy atom. The lowest BCUT2D eigenvalue weighted by atomic mass is 10.1. The fraction of sp³-hybridized carbons (Fsp3) is 0.455. The molecule has 0 aliphatic carbocycles. The van der Waals surface area contributed by atoms with E-state index in [1.165, 1.54) is 17.9 Å². The summed E-state index contributed by atoms with van der Waals surface area (Å²) in [6.45, 7) is 1.05. The third-order valence-corrected chi connectivity index (χ3v) is 5.19. The molecular formula is C11H13BrClNS. The second-order valence-electron chi connectivity index (χ2n) is 3.71. The van der Waals surface area contributed by atoms with Crippen LogP contribution in [0.1, 0.15) is 6.42 Å². The highest BCUT2D eigenvalue weighted by atomic mass is 79.9. The Balaban J connectivity index is 1.95. The number of halogens is 2. The zero-order chi connectivity index (χ0) is 10.7. The molecule has 0 aromatic heterocycles. The summed E-state index contributed by atoms with van der Waals surface area (Å²) in [6, 6.07) is 5.92. The predicted octanol–water partition coefficient (Wildman–Crippen LogP) is 4.27. The molecule has 1 heterocycles. The van der Waals surface area contributed by atoms with Crippen LogP contribution in [0, 0.1) is 5.92 Å². The van der Waals surface area contributed by atoms with Crippen molar-refractivity contribution in [3.05, 3.63) is 27.7 Å². The Hall–Kier alpha value is 0.140. The van der Waals surface area contributed by atoms with Crippen molar-refractivity contribution in [2.75, 3.05) is 23.4 Å². The number of benzene rings is 1. The monoisotopic (exact) mass is 305 g/mol. The van der Waals surface area contributed by atoms with Gasteiger partial charge in [-0.15, -0.1) is 0 Å². The zero-order valence-electron chi connectivity index (χ0n) is 8.30. The molecule has 0 bridgehead atoms. The maximum Gasteiger partial charge on any atom is 0.0593 e. The van der Waals surface area contributed by atoms with Gasteiger partial charge in [0, 0.05) is 12.2 Å². The molecule has 0 spiro atoms. The first-order valence-electron chi connectivity index (χ1n) is 5.03. The lowest BCUT2D eigenvalue weighted by Gasteiger charge is -2.13. The maximum atomic E-state index is 6.02. The second-order valence-corrected chi connectivity index (χ2v) is 6.06. The highest BCUT2D eigenvalue weighted by Crippen LogP contribution is 2.31. The van der Waals surface area contributed by atoms with Crippen molar-refractivity contribution in [3.63, 3.8) is 0 Å². The number of rotatable bonds is 3. The molecular weight excluding hydrogens is 294 g/mol. The molecule has 0 saturated carbocycles. The Morgan fingerprint density at radius 1 is 1.53 bits per heavy atom. The van der Waals surface area contributed by atoms with E-state index in [9.17, 15) is 0 Å². The predicted molar refractivity (Wildman–Crippen MR) is 73.1 cm³/mol. The first kappa shape index (κ1) is 11.6. The van der Waals surface area contributed by atoms with E-state index in [0.29, 0.717) is 0 Å². The minimum absolute atomic E-state index is 0.765. The van der Waals surface area contributed by atoms with E-state index >= 15 is 0 Å². The smallest absolute Gasteiger partial charge is 0.0593 e. The molecule has 1 aliphatic heterocycles. The lowest BCUT2D eigenvalue weighted by Crippen LogP contribution is -2.13. The first-order valence-corrected chi connectivity index (χ1v) is 7.35. The van der Waals surface area contributed by atoms with Crippen LogP contribution >= 0.6 is 39.3 Å². The first-order chi connectivity index (χ1) is 7.27. The largest absolute Gasteiger partial charge is 0.384 e. The fourth-order valence-electron chi connectivity index (χ4n) is 1.64. The van der Waals surface area contributed by atoms with Crippen molar-refractivity contribution < 1.29 is 0 Å². The highest BCUT2D eigenvalue weighted by molar-refractivity contribution is 9.10. The van der Waals surface area contributed by atoms with Gasteiger partial charge >= 0.3 is 0 Å². The molecule has 4 heteroatoms. The third-order valence-electron chi connectivity index (χ3n) is 2.56. The molecule has 1 unspecified atom stereocenters. The number of anilines is 1. The lowest BCUT2D eigenvalue weighted by molar-refractivity contribution is 0.631. The summed E-state index contributed by atoms with van der Waals surface area (Å²) < 4.78 is 0.970. The van der Waals surface area contributed by atoms with Gasteiger partial charge in [0.2, 0.25) is 0 Å². The molecule has 1 aromatic rings. The van der Waals surface area contributed by atoms with E-state index in [4.69, 9.17) is 11.6 Å². The fourth-order valence-corrected chi connectivity index (χ4v) is 3.50. The van der Waals surface area contributed by atoms with Crippen molar-refractivity contribution in [3.8, 4) is 0 Å². The highest BCUT2D eigenvalue weighted by Gasteiger charge is 2.15. The van der Waals surface area contributed by atoms with Crippen LogP contribution in [0.3, 0.4) is 0 Å². The van der Waals surface area contributed by atoms with Crippen molar-refractivity contribution >= 4 is 45.0 Å². The van der Waals surface area contributed by atoms with E-state index in [0.717, 1.165) is 27.6 Å². The minimum Gasteiger partial charge on any atom is -0.384 e. The van der Waals surface area contributed by atoms with E-state index in [-0.39, 0.29) is 0 Å². The van der Waals surface area contributed by atoms with Gasteiger partial charge in [-0.05, 0) is 51.9 Å². The topological polar surface area (TPSA) is 12.0 Å². The zero-order valence-corrected chi connectivity index (χ0v) is 11.5. The van der Waals surface area contributed by atoms with Gasteiger partial charge in [0.25, 0.3) is 0 Å². The standard InChI is InChI=1S/C11H13BrClNS/c12-11-9(13)2-1-3-10(11)14-6-8-4-5-15-7-8/h1-3,8,14H,4-7H2. The average Bonchev–Trinajstić information content (AvgIpc) is 2.73. The van der Waals surface area contributed by atoms with Crippen LogP contribution < -0.4 is 5.32 Å². The van der Waals surface area contributed by atoms with Crippen molar-refractivity contribution in [2.45, 2.75) is 6.42 Å². The van der Waals surface area contributed by atoms with Gasteiger partial charge in [-0.3, -0.25) is 0 Å². The van der Waals surface area contributed by atoms with Crippen LogP contribution in [0.15, 0.2) is 22.7 Å². The normalized spacial score (nSPS) is 20.5. The molecule has 15 heavy (non-hydrogen) atoms. The van der Waals surface area contributed by atoms with Gasteiger partial charge < -0.3 is 5.32 Å². The summed E-state index contributed by atoms with van der Waals surface area (Å²) in [6.07, 6.45) is 1.33. The molecule has 0 radical (unpaired) electrons. The Bertz CT molecular complexity index is 339. The van der Waals surface area contributed by atoms with Crippen LogP contribution in [-0.4, -0.2) is 18.1 Å². The van der Waals surface area contributed by atoms with Crippen molar-refractivity contribution in [1.82, 2.24) is 0 Å². The summed E-state index contributed by atoms with van der Waals surface area (Å²) in [5.74, 6) is 3.40. The van der Waals surface area contributed by atoms with E-state index in [2.05, 4.69) is 27.3 Å². The van der Waals surface area contributed by atoms with Gasteiger partial charge in [0.15, 0.2) is 0 Å². The Morgan fingerprint density at radius 3 is 3.13 bits per heavy atom. The van der Waals surface area contributed by atoms with Gasteiger partial charge in [-0.1, -0.05) is 17.7 Å². The van der Waals surface area contributed by atoms with Crippen LogP contribution in [-0.2, 0) is 0 Å². The van der Waals surface area contributed by atoms with Gasteiger partial charge in [-0.2, -0.15) is 11.8 Å². The van der Waals surface area contributed by atoms with Crippen molar-refractivity contribution in [1.29, 1.82) is 0 Å². The molecule has 1 fully saturated rings. The summed E-state index contributed by atoms with van der Waals surface area (Å²) >= 11 is 11.6. The molecule has 1 aliphatic rings. The second kappa shape index (κ2) is 5.46. The van der Waals surface area contributed by atoms with Crippen molar-refractivity contribution in [2.24, 2.45) is 5.92 Å². The number of nitrogens with one attached hydrogen (secondary N) is 1. The quantitative estimate of drug-likeness (QED) is 0.895. The van der Waals surface area contributed by atoms with Crippen LogP contribution in [0.2, 0.25) is 5.02 Å². The third kappa shape index (κ3) is 3.05. The molecule has 1 atom stereocenters. The SMILES string of the molecule is Clc1cccc(NCC2CCSC2)c1Br. The van der Waals surface area contributed by atoms with Crippen LogP contribution in [0.25, 0.3) is 0 Å². The van der Waals surface area contributed by atoms with E-state index in [1.807, 2.05) is 23.9 Å². The minimum atomic E-state index is 0.765. The summed E-state index contributed by atoms with van der Waals surface area (Å²) in [5, 5.41) is 4.22. The van der Waals surface area contributed by atoms with E-state index < -0.39 is 0 Å². The molecule has 1 saturated heterocycles. The van der Waals surface area contributed by atoms with E-state index in [1.54, 1.807) is 0 Å². The van der Waals surface area contributed by atoms with Gasteiger partial charge in [-0.25, -0.2) is 0 Å². The molecule has 2 rings (SSSR count). The Kier molecular flexibility index (Phi) is 4.23. The van der Waals surface area contributed by atoms with Crippen LogP contribution in [0.5, 0.6) is 0 Å². The van der Waals surface area contributed by atoms with Gasteiger partial charge in [0.05, 0.1) is 9.50 Å². The summed E-state index contributed by atoms with van der Waals surface area (Å²) in [4.78, 5) is 0.